The second-order valence-corrected chi connectivity index (χ2v) is 4.08. The van der Waals surface area contributed by atoms with E-state index >= 15 is 0 Å². The lowest BCUT2D eigenvalue weighted by Crippen LogP contribution is -2.46. The van der Waals surface area contributed by atoms with Crippen LogP contribution >= 0.6 is 0 Å². The summed E-state index contributed by atoms with van der Waals surface area (Å²) in [6.07, 6.45) is 5.58. The lowest BCUT2D eigenvalue weighted by Gasteiger charge is -2.23. The highest BCUT2D eigenvalue weighted by atomic mass is 16.3. The van der Waals surface area contributed by atoms with Crippen LogP contribution in [0.15, 0.2) is 70.4 Å². The summed E-state index contributed by atoms with van der Waals surface area (Å²) in [4.78, 5) is 12.6. The van der Waals surface area contributed by atoms with Gasteiger partial charge < -0.3 is 9.52 Å². The zero-order valence-electron chi connectivity index (χ0n) is 9.93. The molecule has 1 aliphatic heterocycles. The first-order valence-electron chi connectivity index (χ1n) is 5.72. The fraction of sp³-hybridized carbons (Fsp3) is 0. The molecule has 2 heterocycles. The molecular formula is C14H11N2O3+. The highest BCUT2D eigenvalue weighted by Gasteiger charge is 2.48. The second kappa shape index (κ2) is 4.22. The average molecular weight is 255 g/mol. The predicted molar refractivity (Wildman–Crippen MR) is 70.5 cm³/mol. The summed E-state index contributed by atoms with van der Waals surface area (Å²) < 4.78 is 4.33. The van der Waals surface area contributed by atoms with E-state index in [9.17, 15) is 9.90 Å². The Bertz CT molecular complexity index is 659. The molecule has 0 fully saturated rings. The van der Waals surface area contributed by atoms with Crippen LogP contribution in [0.1, 0.15) is 10.4 Å². The zero-order chi connectivity index (χ0) is 13.3. The number of aliphatic hydroxyl groups is 1. The van der Waals surface area contributed by atoms with Crippen molar-refractivity contribution in [3.63, 3.8) is 0 Å². The summed E-state index contributed by atoms with van der Waals surface area (Å²) in [6.45, 7) is 0. The van der Waals surface area contributed by atoms with E-state index in [1.54, 1.807) is 30.3 Å². The fourth-order valence-electron chi connectivity index (χ4n) is 2.06. The Morgan fingerprint density at radius 2 is 2.00 bits per heavy atom. The molecule has 1 aromatic carbocycles. The minimum atomic E-state index is -0.597. The van der Waals surface area contributed by atoms with Gasteiger partial charge in [-0.1, -0.05) is 23.3 Å². The largest absolute Gasteiger partial charge is 0.472 e. The summed E-state index contributed by atoms with van der Waals surface area (Å²) in [7, 11) is 0. The number of nitrogens with zero attached hydrogens (tertiary/aromatic N) is 2. The van der Waals surface area contributed by atoms with E-state index in [0.29, 0.717) is 11.3 Å². The van der Waals surface area contributed by atoms with Gasteiger partial charge in [-0.3, -0.25) is 0 Å². The number of carbonyl (C=O) groups excluding carboxylic acids is 1. The number of hydrogen-bond acceptors (Lipinski definition) is 4. The number of allylic oxidation sites excluding steroid dienone is 1. The quantitative estimate of drug-likeness (QED) is 0.839. The van der Waals surface area contributed by atoms with Gasteiger partial charge in [-0.2, -0.15) is 0 Å². The molecule has 1 unspecified atom stereocenters. The van der Waals surface area contributed by atoms with Crippen molar-refractivity contribution in [3.8, 4) is 0 Å². The van der Waals surface area contributed by atoms with E-state index in [1.807, 2.05) is 6.07 Å². The number of hydrogen-bond donors (Lipinski definition) is 1. The highest BCUT2D eigenvalue weighted by Crippen LogP contribution is 2.33. The number of rotatable bonds is 2. The molecule has 0 spiro atoms. The van der Waals surface area contributed by atoms with Gasteiger partial charge in [-0.15, -0.1) is 0 Å². The van der Waals surface area contributed by atoms with E-state index in [-0.39, 0.29) is 11.8 Å². The standard InChI is InChI=1S/C14H10N2O3/c17-13-6-8-15-16(13,12-4-2-1-3-5-12)14(18)11-7-9-19-10-11/h1-10H/p+1. The average Bonchev–Trinajstić information content (AvgIpc) is 3.09. The molecule has 0 radical (unpaired) electrons. The Hall–Kier alpha value is -2.66. The molecule has 1 amide bonds. The minimum absolute atomic E-state index is 0.141. The third-order valence-corrected chi connectivity index (χ3v) is 2.99. The molecular weight excluding hydrogens is 244 g/mol. The first-order valence-corrected chi connectivity index (χ1v) is 5.72. The SMILES string of the molecule is O=C(c1ccoc1)[N+]1(c2ccccc2)N=CC=C1O. The van der Waals surface area contributed by atoms with E-state index in [1.165, 1.54) is 24.8 Å². The van der Waals surface area contributed by atoms with Crippen LogP contribution in [-0.4, -0.2) is 17.2 Å². The first kappa shape index (κ1) is 11.4. The lowest BCUT2D eigenvalue weighted by molar-refractivity contribution is 0.0749. The Morgan fingerprint density at radius 1 is 1.21 bits per heavy atom. The van der Waals surface area contributed by atoms with Crippen molar-refractivity contribution in [2.24, 2.45) is 5.10 Å². The van der Waals surface area contributed by atoms with Crippen molar-refractivity contribution >= 4 is 17.8 Å². The Kier molecular flexibility index (Phi) is 2.54. The topological polar surface area (TPSA) is 62.8 Å². The summed E-state index contributed by atoms with van der Waals surface area (Å²) in [5, 5.41) is 14.3. The van der Waals surface area contributed by atoms with E-state index in [4.69, 9.17) is 4.42 Å². The van der Waals surface area contributed by atoms with Crippen molar-refractivity contribution in [1.82, 2.24) is 4.59 Å². The molecule has 0 saturated carbocycles. The monoisotopic (exact) mass is 255 g/mol. The lowest BCUT2D eigenvalue weighted by atomic mass is 10.2. The summed E-state index contributed by atoms with van der Waals surface area (Å²) in [6, 6.07) is 10.4. The van der Waals surface area contributed by atoms with Gasteiger partial charge in [0.1, 0.15) is 11.8 Å². The first-order chi connectivity index (χ1) is 9.25. The molecule has 5 heteroatoms. The maximum Gasteiger partial charge on any atom is 0.388 e. The predicted octanol–water partition coefficient (Wildman–Crippen LogP) is 2.83. The van der Waals surface area contributed by atoms with Crippen LogP contribution in [0.25, 0.3) is 0 Å². The van der Waals surface area contributed by atoms with E-state index in [0.717, 1.165) is 0 Å². The molecule has 0 saturated heterocycles. The maximum atomic E-state index is 12.6. The molecule has 1 atom stereocenters. The Balaban J connectivity index is 2.17. The van der Waals surface area contributed by atoms with Crippen LogP contribution in [0.3, 0.4) is 0 Å². The van der Waals surface area contributed by atoms with Crippen LogP contribution in [0.4, 0.5) is 5.69 Å². The van der Waals surface area contributed by atoms with Crippen molar-refractivity contribution in [1.29, 1.82) is 0 Å². The highest BCUT2D eigenvalue weighted by molar-refractivity contribution is 6.05. The van der Waals surface area contributed by atoms with Gasteiger partial charge in [0.15, 0.2) is 5.69 Å². The van der Waals surface area contributed by atoms with Crippen molar-refractivity contribution in [3.05, 3.63) is 66.4 Å². The Labute approximate surface area is 109 Å². The molecule has 3 rings (SSSR count). The molecule has 2 aromatic rings. The molecule has 94 valence electrons. The second-order valence-electron chi connectivity index (χ2n) is 4.08. The van der Waals surface area contributed by atoms with E-state index in [2.05, 4.69) is 5.10 Å². The third kappa shape index (κ3) is 1.60. The molecule has 0 bridgehead atoms. The number of furan rings is 1. The van der Waals surface area contributed by atoms with Gasteiger partial charge in [0.05, 0.1) is 18.6 Å². The van der Waals surface area contributed by atoms with Crippen molar-refractivity contribution in [2.45, 2.75) is 0 Å². The smallest absolute Gasteiger partial charge is 0.388 e. The number of para-hydroxylation sites is 1. The zero-order valence-corrected chi connectivity index (χ0v) is 9.93. The van der Waals surface area contributed by atoms with Gasteiger partial charge in [-0.05, 0) is 10.7 Å². The molecule has 19 heavy (non-hydrogen) atoms. The summed E-state index contributed by atoms with van der Waals surface area (Å²) in [5.74, 6) is -0.514. The molecule has 5 nitrogen and oxygen atoms in total. The van der Waals surface area contributed by atoms with Crippen molar-refractivity contribution < 1.29 is 14.3 Å². The molecule has 0 aliphatic carbocycles. The normalized spacial score (nSPS) is 21.4. The molecule has 1 aliphatic rings. The van der Waals surface area contributed by atoms with Crippen LogP contribution in [-0.2, 0) is 0 Å². The number of aliphatic hydroxyl groups excluding tert-OH is 1. The van der Waals surface area contributed by atoms with Gasteiger partial charge in [-0.25, -0.2) is 4.79 Å². The van der Waals surface area contributed by atoms with Gasteiger partial charge in [0, 0.05) is 12.1 Å². The number of benzene rings is 1. The maximum absolute atomic E-state index is 12.6. The van der Waals surface area contributed by atoms with Crippen LogP contribution < -0.4 is 4.59 Å². The van der Waals surface area contributed by atoms with Crippen molar-refractivity contribution in [2.75, 3.05) is 0 Å². The number of carbonyl (C=O) groups is 1. The third-order valence-electron chi connectivity index (χ3n) is 2.99. The fourth-order valence-corrected chi connectivity index (χ4v) is 2.06. The number of amides is 1. The molecule has 1 N–H and O–H groups in total. The van der Waals surface area contributed by atoms with Gasteiger partial charge in [0.25, 0.3) is 0 Å². The van der Waals surface area contributed by atoms with Crippen LogP contribution in [0.5, 0.6) is 0 Å². The summed E-state index contributed by atoms with van der Waals surface area (Å²) >= 11 is 0. The Morgan fingerprint density at radius 3 is 2.58 bits per heavy atom. The van der Waals surface area contributed by atoms with Gasteiger partial charge in [0.2, 0.25) is 0 Å². The minimum Gasteiger partial charge on any atom is -0.472 e. The summed E-state index contributed by atoms with van der Waals surface area (Å²) in [5.41, 5.74) is 0.916. The van der Waals surface area contributed by atoms with Crippen LogP contribution in [0.2, 0.25) is 0 Å². The molecule has 1 aromatic heterocycles. The van der Waals surface area contributed by atoms with E-state index < -0.39 is 4.59 Å². The van der Waals surface area contributed by atoms with Crippen LogP contribution in [0, 0.1) is 0 Å². The van der Waals surface area contributed by atoms with Gasteiger partial charge >= 0.3 is 11.8 Å². The number of quaternary nitrogens is 1.